The summed E-state index contributed by atoms with van der Waals surface area (Å²) in [6, 6.07) is 0. The zero-order chi connectivity index (χ0) is 17.7. The fraction of sp³-hybridized carbons (Fsp3) is 0.625. The van der Waals surface area contributed by atoms with Crippen LogP contribution in [0.4, 0.5) is 45.2 Å². The maximum absolute atomic E-state index is 13.5. The lowest BCUT2D eigenvalue weighted by molar-refractivity contribution is -0.400. The molecule has 0 saturated heterocycles. The third-order valence-corrected chi connectivity index (χ3v) is 2.57. The minimum atomic E-state index is -7.14. The Morgan fingerprint density at radius 2 is 1.41 bits per heavy atom. The van der Waals surface area contributed by atoms with Crippen molar-refractivity contribution in [1.82, 2.24) is 9.78 Å². The number of nitrogens with one attached hydrogen (secondary N) is 1. The Balaban J connectivity index is 3.63. The van der Waals surface area contributed by atoms with Crippen molar-refractivity contribution < 1.29 is 39.5 Å². The summed E-state index contributed by atoms with van der Waals surface area (Å²) >= 11 is 0. The lowest BCUT2D eigenvalue weighted by Crippen LogP contribution is -2.59. The summed E-state index contributed by atoms with van der Waals surface area (Å²) < 4.78 is 114. The van der Waals surface area contributed by atoms with Crippen molar-refractivity contribution in [1.29, 1.82) is 0 Å². The molecular formula is C8H4F9N3O2. The van der Waals surface area contributed by atoms with Gasteiger partial charge in [0, 0.05) is 7.05 Å². The van der Waals surface area contributed by atoms with Crippen LogP contribution in [0.5, 0.6) is 0 Å². The molecule has 0 fully saturated rings. The van der Waals surface area contributed by atoms with Gasteiger partial charge in [-0.3, -0.25) is 14.6 Å². The molecule has 0 bridgehead atoms. The van der Waals surface area contributed by atoms with Crippen LogP contribution in [0.2, 0.25) is 0 Å². The second-order valence-electron chi connectivity index (χ2n) is 4.01. The number of hydrogen-bond donors (Lipinski definition) is 1. The fourth-order valence-electron chi connectivity index (χ4n) is 1.37. The molecule has 126 valence electrons. The predicted octanol–water partition coefficient (Wildman–Crippen LogP) is 3.04. The van der Waals surface area contributed by atoms with Gasteiger partial charge in [0.1, 0.15) is 5.69 Å². The van der Waals surface area contributed by atoms with E-state index in [0.29, 0.717) is 7.05 Å². The Morgan fingerprint density at radius 3 is 1.77 bits per heavy atom. The standard InChI is InChI=1S/C8H4F9N3O2/c1-20-4(21)2(19-22)3(18-20)5(9,10)6(11,12)7(13,14)8(15,16)17/h18H,1H3. The highest BCUT2D eigenvalue weighted by atomic mass is 19.4. The molecule has 1 aromatic heterocycles. The Kier molecular flexibility index (Phi) is 3.88. The van der Waals surface area contributed by atoms with E-state index in [9.17, 15) is 49.2 Å². The predicted molar refractivity (Wildman–Crippen MR) is 51.3 cm³/mol. The first-order valence-electron chi connectivity index (χ1n) is 4.96. The number of hydrogen-bond acceptors (Lipinski definition) is 3. The molecule has 0 radical (unpaired) electrons. The molecule has 0 aliphatic carbocycles. The van der Waals surface area contributed by atoms with E-state index < -0.39 is 40.9 Å². The van der Waals surface area contributed by atoms with Crippen LogP contribution < -0.4 is 5.56 Å². The first-order chi connectivity index (χ1) is 9.63. The molecular weight excluding hydrogens is 341 g/mol. The highest BCUT2D eigenvalue weighted by molar-refractivity contribution is 5.43. The average molecular weight is 345 g/mol. The second-order valence-corrected chi connectivity index (χ2v) is 4.01. The number of rotatable bonds is 4. The van der Waals surface area contributed by atoms with Crippen molar-refractivity contribution in [2.45, 2.75) is 23.9 Å². The molecule has 1 heterocycles. The molecule has 0 aliphatic heterocycles. The van der Waals surface area contributed by atoms with Gasteiger partial charge >= 0.3 is 23.9 Å². The highest BCUT2D eigenvalue weighted by Crippen LogP contribution is 2.57. The average Bonchev–Trinajstić information content (AvgIpc) is 2.64. The summed E-state index contributed by atoms with van der Waals surface area (Å²) in [4.78, 5) is 21.3. The van der Waals surface area contributed by atoms with Crippen molar-refractivity contribution in [2.75, 3.05) is 0 Å². The van der Waals surface area contributed by atoms with Crippen molar-refractivity contribution in [2.24, 2.45) is 12.2 Å². The molecule has 0 atom stereocenters. The van der Waals surface area contributed by atoms with Crippen LogP contribution in [0.25, 0.3) is 0 Å². The first kappa shape index (κ1) is 18.0. The number of aryl methyl sites for hydroxylation is 1. The molecule has 5 nitrogen and oxygen atoms in total. The minimum Gasteiger partial charge on any atom is -0.292 e. The summed E-state index contributed by atoms with van der Waals surface area (Å²) in [5.41, 5.74) is -6.11. The maximum Gasteiger partial charge on any atom is 0.460 e. The van der Waals surface area contributed by atoms with E-state index in [0.717, 1.165) is 5.10 Å². The molecule has 14 heteroatoms. The van der Waals surface area contributed by atoms with E-state index in [1.165, 1.54) is 0 Å². The highest BCUT2D eigenvalue weighted by Gasteiger charge is 2.82. The van der Waals surface area contributed by atoms with Gasteiger partial charge in [-0.2, -0.15) is 39.5 Å². The van der Waals surface area contributed by atoms with Gasteiger partial charge in [-0.05, 0) is 5.18 Å². The van der Waals surface area contributed by atoms with Gasteiger partial charge in [-0.1, -0.05) is 0 Å². The van der Waals surface area contributed by atoms with Crippen molar-refractivity contribution in [3.05, 3.63) is 21.0 Å². The van der Waals surface area contributed by atoms with Crippen molar-refractivity contribution >= 4 is 5.69 Å². The van der Waals surface area contributed by atoms with E-state index in [1.54, 1.807) is 5.18 Å². The Labute approximate surface area is 113 Å². The van der Waals surface area contributed by atoms with E-state index in [2.05, 4.69) is 0 Å². The summed E-state index contributed by atoms with van der Waals surface area (Å²) in [5, 5.41) is 2.77. The quantitative estimate of drug-likeness (QED) is 0.673. The molecule has 1 N–H and O–H groups in total. The molecule has 0 aromatic carbocycles. The summed E-state index contributed by atoms with van der Waals surface area (Å²) in [7, 11) is 0.622. The third kappa shape index (κ3) is 2.16. The monoisotopic (exact) mass is 345 g/mol. The third-order valence-electron chi connectivity index (χ3n) is 2.57. The summed E-state index contributed by atoms with van der Waals surface area (Å²) in [5.74, 6) is -20.4. The summed E-state index contributed by atoms with van der Waals surface area (Å²) in [6.07, 6.45) is -7.01. The summed E-state index contributed by atoms with van der Waals surface area (Å²) in [6.45, 7) is 0. The SMILES string of the molecule is Cn1[nH]c(C(F)(F)C(F)(F)C(F)(F)C(F)(F)F)c(N=O)c1=O. The van der Waals surface area contributed by atoms with Crippen LogP contribution in [0, 0.1) is 4.91 Å². The minimum absolute atomic E-state index is 0.0121. The number of aromatic amines is 1. The lowest BCUT2D eigenvalue weighted by Gasteiger charge is -2.33. The fourth-order valence-corrected chi connectivity index (χ4v) is 1.37. The van der Waals surface area contributed by atoms with Crippen LogP contribution in [-0.2, 0) is 13.0 Å². The number of halogens is 9. The molecule has 0 unspecified atom stereocenters. The van der Waals surface area contributed by atoms with Crippen LogP contribution >= 0.6 is 0 Å². The van der Waals surface area contributed by atoms with Gasteiger partial charge in [0.25, 0.3) is 5.56 Å². The van der Waals surface area contributed by atoms with E-state index in [1.807, 2.05) is 0 Å². The molecule has 22 heavy (non-hydrogen) atoms. The van der Waals surface area contributed by atoms with Gasteiger partial charge in [-0.15, -0.1) is 4.91 Å². The van der Waals surface area contributed by atoms with Gasteiger partial charge in [0.2, 0.25) is 5.69 Å². The molecule has 0 spiro atoms. The van der Waals surface area contributed by atoms with Gasteiger partial charge < -0.3 is 0 Å². The number of nitroso groups, excluding NO2 is 1. The van der Waals surface area contributed by atoms with Crippen molar-refractivity contribution in [3.63, 3.8) is 0 Å². The first-order valence-corrected chi connectivity index (χ1v) is 4.96. The van der Waals surface area contributed by atoms with E-state index in [-0.39, 0.29) is 4.68 Å². The smallest absolute Gasteiger partial charge is 0.292 e. The van der Waals surface area contributed by atoms with Crippen LogP contribution in [0.3, 0.4) is 0 Å². The second kappa shape index (κ2) is 4.74. The Hall–Kier alpha value is -2.02. The lowest BCUT2D eigenvalue weighted by atomic mass is 10.0. The topological polar surface area (TPSA) is 67.2 Å². The van der Waals surface area contributed by atoms with Crippen molar-refractivity contribution in [3.8, 4) is 0 Å². The number of H-pyrrole nitrogens is 1. The van der Waals surface area contributed by atoms with E-state index >= 15 is 0 Å². The maximum atomic E-state index is 13.5. The zero-order valence-corrected chi connectivity index (χ0v) is 10.1. The number of alkyl halides is 9. The number of nitrogens with zero attached hydrogens (tertiary/aromatic N) is 2. The molecule has 0 aliphatic rings. The largest absolute Gasteiger partial charge is 0.460 e. The Morgan fingerprint density at radius 1 is 0.955 bits per heavy atom. The van der Waals surface area contributed by atoms with Crippen LogP contribution in [-0.4, -0.2) is 27.8 Å². The van der Waals surface area contributed by atoms with E-state index in [4.69, 9.17) is 0 Å². The zero-order valence-electron chi connectivity index (χ0n) is 10.1. The molecule has 0 saturated carbocycles. The normalized spacial score (nSPS) is 14.3. The Bertz CT molecular complexity index is 642. The molecule has 1 rings (SSSR count). The van der Waals surface area contributed by atoms with Gasteiger partial charge in [0.05, 0.1) is 0 Å². The van der Waals surface area contributed by atoms with Gasteiger partial charge in [-0.25, -0.2) is 0 Å². The van der Waals surface area contributed by atoms with Crippen LogP contribution in [0.1, 0.15) is 5.69 Å². The number of aromatic nitrogens is 2. The molecule has 0 amide bonds. The van der Waals surface area contributed by atoms with Gasteiger partial charge in [0.15, 0.2) is 0 Å². The molecule has 1 aromatic rings. The van der Waals surface area contributed by atoms with Crippen LogP contribution in [0.15, 0.2) is 9.97 Å².